The van der Waals surface area contributed by atoms with Gasteiger partial charge in [-0.15, -0.1) is 0 Å². The molecule has 2 amide bonds. The first kappa shape index (κ1) is 29.2. The number of hydrogen-bond acceptors (Lipinski definition) is 5. The lowest BCUT2D eigenvalue weighted by molar-refractivity contribution is -0.140. The SMILES string of the molecule is CCC(C)NC(=O)C(CC)N(Cc1cccc(OC)c1)C(=O)CN(c1cc(C)cc(C)c1)S(C)(=O)=O. The van der Waals surface area contributed by atoms with E-state index in [1.54, 1.807) is 31.4 Å². The van der Waals surface area contributed by atoms with E-state index in [4.69, 9.17) is 4.74 Å². The highest BCUT2D eigenvalue weighted by Gasteiger charge is 2.32. The van der Waals surface area contributed by atoms with Gasteiger partial charge in [-0.05, 0) is 74.6 Å². The molecule has 0 fully saturated rings. The van der Waals surface area contributed by atoms with Crippen LogP contribution < -0.4 is 14.4 Å². The molecule has 198 valence electrons. The van der Waals surface area contributed by atoms with Crippen molar-refractivity contribution in [3.05, 3.63) is 59.2 Å². The quantitative estimate of drug-likeness (QED) is 0.462. The number of ether oxygens (including phenoxy) is 1. The van der Waals surface area contributed by atoms with Gasteiger partial charge in [-0.2, -0.15) is 0 Å². The molecule has 1 N–H and O–H groups in total. The number of carbonyl (C=O) groups is 2. The van der Waals surface area contributed by atoms with Crippen LogP contribution in [0.15, 0.2) is 42.5 Å². The summed E-state index contributed by atoms with van der Waals surface area (Å²) in [5, 5.41) is 2.97. The Morgan fingerprint density at radius 2 is 1.67 bits per heavy atom. The summed E-state index contributed by atoms with van der Waals surface area (Å²) in [6.07, 6.45) is 2.21. The van der Waals surface area contributed by atoms with Crippen LogP contribution in [0, 0.1) is 13.8 Å². The average molecular weight is 518 g/mol. The van der Waals surface area contributed by atoms with Crippen molar-refractivity contribution in [3.8, 4) is 5.75 Å². The number of amides is 2. The molecule has 0 aliphatic heterocycles. The maximum Gasteiger partial charge on any atom is 0.244 e. The van der Waals surface area contributed by atoms with E-state index in [0.717, 1.165) is 33.7 Å². The van der Waals surface area contributed by atoms with E-state index < -0.39 is 28.5 Å². The normalized spacial score (nSPS) is 13.0. The summed E-state index contributed by atoms with van der Waals surface area (Å²) >= 11 is 0. The summed E-state index contributed by atoms with van der Waals surface area (Å²) in [6.45, 7) is 9.18. The van der Waals surface area contributed by atoms with E-state index in [0.29, 0.717) is 17.9 Å². The number of hydrogen-bond donors (Lipinski definition) is 1. The predicted octanol–water partition coefficient (Wildman–Crippen LogP) is 3.80. The topological polar surface area (TPSA) is 96.0 Å². The molecule has 9 heteroatoms. The van der Waals surface area contributed by atoms with Crippen LogP contribution in [-0.2, 0) is 26.2 Å². The first-order valence-corrected chi connectivity index (χ1v) is 14.0. The highest BCUT2D eigenvalue weighted by molar-refractivity contribution is 7.92. The fourth-order valence-corrected chi connectivity index (χ4v) is 4.87. The van der Waals surface area contributed by atoms with Gasteiger partial charge >= 0.3 is 0 Å². The minimum absolute atomic E-state index is 0.0527. The minimum Gasteiger partial charge on any atom is -0.497 e. The fraction of sp³-hybridized carbons (Fsp3) is 0.481. The van der Waals surface area contributed by atoms with Crippen LogP contribution >= 0.6 is 0 Å². The minimum atomic E-state index is -3.77. The Morgan fingerprint density at radius 1 is 1.03 bits per heavy atom. The predicted molar refractivity (Wildman–Crippen MR) is 144 cm³/mol. The van der Waals surface area contributed by atoms with Crippen molar-refractivity contribution in [1.29, 1.82) is 0 Å². The second kappa shape index (κ2) is 12.8. The Labute approximate surface area is 215 Å². The number of aryl methyl sites for hydroxylation is 2. The average Bonchev–Trinajstić information content (AvgIpc) is 2.80. The van der Waals surface area contributed by atoms with Crippen molar-refractivity contribution in [3.63, 3.8) is 0 Å². The van der Waals surface area contributed by atoms with Gasteiger partial charge in [0, 0.05) is 12.6 Å². The van der Waals surface area contributed by atoms with Gasteiger partial charge in [0.1, 0.15) is 18.3 Å². The molecule has 36 heavy (non-hydrogen) atoms. The second-order valence-electron chi connectivity index (χ2n) is 9.23. The van der Waals surface area contributed by atoms with Crippen LogP contribution in [0.2, 0.25) is 0 Å². The molecule has 0 bridgehead atoms. The number of anilines is 1. The first-order chi connectivity index (χ1) is 16.9. The lowest BCUT2D eigenvalue weighted by Crippen LogP contribution is -2.53. The lowest BCUT2D eigenvalue weighted by atomic mass is 10.1. The molecule has 0 aromatic heterocycles. The summed E-state index contributed by atoms with van der Waals surface area (Å²) in [5.74, 6) is -0.0982. The number of methoxy groups -OCH3 is 1. The number of nitrogens with one attached hydrogen (secondary N) is 1. The molecule has 0 spiro atoms. The Morgan fingerprint density at radius 3 is 2.19 bits per heavy atom. The van der Waals surface area contributed by atoms with Gasteiger partial charge in [0.2, 0.25) is 21.8 Å². The monoisotopic (exact) mass is 517 g/mol. The van der Waals surface area contributed by atoms with Crippen molar-refractivity contribution < 1.29 is 22.7 Å². The molecule has 0 radical (unpaired) electrons. The smallest absolute Gasteiger partial charge is 0.244 e. The molecule has 2 aromatic carbocycles. The van der Waals surface area contributed by atoms with Crippen molar-refractivity contribution in [1.82, 2.24) is 10.2 Å². The van der Waals surface area contributed by atoms with E-state index >= 15 is 0 Å². The van der Waals surface area contributed by atoms with Gasteiger partial charge in [-0.25, -0.2) is 8.42 Å². The van der Waals surface area contributed by atoms with Crippen LogP contribution in [0.5, 0.6) is 5.75 Å². The molecule has 0 saturated heterocycles. The maximum atomic E-state index is 13.8. The summed E-state index contributed by atoms with van der Waals surface area (Å²) < 4.78 is 32.0. The molecular weight excluding hydrogens is 478 g/mol. The highest BCUT2D eigenvalue weighted by atomic mass is 32.2. The zero-order valence-corrected chi connectivity index (χ0v) is 23.2. The molecule has 2 unspecified atom stereocenters. The molecule has 0 heterocycles. The van der Waals surface area contributed by atoms with E-state index in [1.165, 1.54) is 4.90 Å². The summed E-state index contributed by atoms with van der Waals surface area (Å²) in [5.41, 5.74) is 2.97. The van der Waals surface area contributed by atoms with E-state index in [9.17, 15) is 18.0 Å². The van der Waals surface area contributed by atoms with Crippen molar-refractivity contribution >= 4 is 27.5 Å². The molecule has 0 aliphatic carbocycles. The van der Waals surface area contributed by atoms with E-state index in [1.807, 2.05) is 52.8 Å². The van der Waals surface area contributed by atoms with E-state index in [2.05, 4.69) is 5.32 Å². The number of rotatable bonds is 12. The molecule has 8 nitrogen and oxygen atoms in total. The lowest BCUT2D eigenvalue weighted by Gasteiger charge is -2.33. The molecule has 2 atom stereocenters. The van der Waals surface area contributed by atoms with Crippen LogP contribution in [-0.4, -0.2) is 57.1 Å². The Balaban J connectivity index is 2.49. The number of benzene rings is 2. The van der Waals surface area contributed by atoms with Crippen molar-refractivity contribution in [2.75, 3.05) is 24.2 Å². The first-order valence-electron chi connectivity index (χ1n) is 12.2. The Hall–Kier alpha value is -3.07. The van der Waals surface area contributed by atoms with Gasteiger partial charge < -0.3 is 15.0 Å². The number of sulfonamides is 1. The van der Waals surface area contributed by atoms with E-state index in [-0.39, 0.29) is 18.5 Å². The molecule has 2 rings (SSSR count). The number of nitrogens with zero attached hydrogens (tertiary/aromatic N) is 2. The second-order valence-corrected chi connectivity index (χ2v) is 11.1. The van der Waals surface area contributed by atoms with Crippen LogP contribution in [0.4, 0.5) is 5.69 Å². The van der Waals surface area contributed by atoms with Gasteiger partial charge in [0.05, 0.1) is 19.1 Å². The Bertz CT molecular complexity index is 1150. The maximum absolute atomic E-state index is 13.8. The molecule has 2 aromatic rings. The zero-order chi connectivity index (χ0) is 27.0. The van der Waals surface area contributed by atoms with Gasteiger partial charge in [0.15, 0.2) is 0 Å². The number of carbonyl (C=O) groups excluding carboxylic acids is 2. The summed E-state index contributed by atoms with van der Waals surface area (Å²) in [7, 11) is -2.21. The summed E-state index contributed by atoms with van der Waals surface area (Å²) in [4.78, 5) is 28.4. The largest absolute Gasteiger partial charge is 0.497 e. The third kappa shape index (κ3) is 7.98. The third-order valence-corrected chi connectivity index (χ3v) is 7.19. The fourth-order valence-electron chi connectivity index (χ4n) is 4.04. The highest BCUT2D eigenvalue weighted by Crippen LogP contribution is 2.23. The Kier molecular flexibility index (Phi) is 10.3. The molecular formula is C27H39N3O5S. The van der Waals surface area contributed by atoms with Crippen LogP contribution in [0.1, 0.15) is 50.3 Å². The van der Waals surface area contributed by atoms with Gasteiger partial charge in [0.25, 0.3) is 0 Å². The summed E-state index contributed by atoms with van der Waals surface area (Å²) in [6, 6.07) is 11.9. The van der Waals surface area contributed by atoms with Crippen LogP contribution in [0.25, 0.3) is 0 Å². The van der Waals surface area contributed by atoms with Gasteiger partial charge in [-0.3, -0.25) is 13.9 Å². The molecule has 0 saturated carbocycles. The molecule has 0 aliphatic rings. The van der Waals surface area contributed by atoms with Gasteiger partial charge in [-0.1, -0.05) is 32.0 Å². The zero-order valence-electron chi connectivity index (χ0n) is 22.4. The van der Waals surface area contributed by atoms with Crippen molar-refractivity contribution in [2.24, 2.45) is 0 Å². The third-order valence-electron chi connectivity index (χ3n) is 6.05. The van der Waals surface area contributed by atoms with Crippen LogP contribution in [0.3, 0.4) is 0 Å². The standard InChI is InChI=1S/C27H39N3O5S/c1-8-21(5)28-27(32)25(9-2)29(17-22-11-10-12-24(16-22)35-6)26(31)18-30(36(7,33)34)23-14-19(3)13-20(4)15-23/h10-16,21,25H,8-9,17-18H2,1-7H3,(H,28,32). The van der Waals surface area contributed by atoms with Crippen molar-refractivity contribution in [2.45, 2.75) is 66.1 Å².